The lowest BCUT2D eigenvalue weighted by Gasteiger charge is -2.56. The molecule has 0 bridgehead atoms. The van der Waals surface area contributed by atoms with E-state index in [9.17, 15) is 4.79 Å². The number of rotatable bonds is 1. The summed E-state index contributed by atoms with van der Waals surface area (Å²) in [5, 5.41) is 0. The van der Waals surface area contributed by atoms with E-state index in [2.05, 4.69) is 26.0 Å². The summed E-state index contributed by atoms with van der Waals surface area (Å²) in [7, 11) is 0. The molecule has 1 heteroatoms. The summed E-state index contributed by atoms with van der Waals surface area (Å²) in [4.78, 5) is 11.7. The van der Waals surface area contributed by atoms with Crippen molar-refractivity contribution in [3.05, 3.63) is 23.3 Å². The summed E-state index contributed by atoms with van der Waals surface area (Å²) >= 11 is 0. The Kier molecular flexibility index (Phi) is 3.00. The molecule has 0 radical (unpaired) electrons. The van der Waals surface area contributed by atoms with E-state index < -0.39 is 0 Å². The Labute approximate surface area is 128 Å². The molecule has 21 heavy (non-hydrogen) atoms. The molecule has 2 fully saturated rings. The largest absolute Gasteiger partial charge is 0.298 e. The second-order valence-electron chi connectivity index (χ2n) is 8.58. The molecular weight excluding hydrogens is 256 g/mol. The van der Waals surface area contributed by atoms with Gasteiger partial charge < -0.3 is 0 Å². The van der Waals surface area contributed by atoms with Crippen LogP contribution >= 0.6 is 0 Å². The fraction of sp³-hybridized carbons (Fsp3) is 0.750. The molecule has 0 amide bonds. The molecule has 0 aromatic carbocycles. The van der Waals surface area contributed by atoms with Crippen LogP contribution in [0.3, 0.4) is 0 Å². The highest BCUT2D eigenvalue weighted by Crippen LogP contribution is 2.65. The molecule has 0 heterocycles. The second-order valence-corrected chi connectivity index (χ2v) is 8.58. The number of hydrogen-bond acceptors (Lipinski definition) is 1. The normalized spacial score (nSPS) is 48.6. The first-order valence-corrected chi connectivity index (χ1v) is 8.94. The van der Waals surface area contributed by atoms with Crippen molar-refractivity contribution in [1.82, 2.24) is 0 Å². The Morgan fingerprint density at radius 1 is 1.14 bits per heavy atom. The average molecular weight is 284 g/mol. The predicted octanol–water partition coefficient (Wildman–Crippen LogP) is 5.07. The van der Waals surface area contributed by atoms with Crippen molar-refractivity contribution in [2.24, 2.45) is 28.6 Å². The van der Waals surface area contributed by atoms with Crippen molar-refractivity contribution >= 4 is 6.29 Å². The lowest BCUT2D eigenvalue weighted by molar-refractivity contribution is -0.106. The van der Waals surface area contributed by atoms with E-state index in [1.807, 2.05) is 0 Å². The minimum atomic E-state index is 0.276. The quantitative estimate of drug-likeness (QED) is 0.614. The number of fused-ring (bicyclic) bond motifs is 5. The first-order valence-electron chi connectivity index (χ1n) is 8.94. The van der Waals surface area contributed by atoms with Crippen LogP contribution in [0.2, 0.25) is 0 Å². The van der Waals surface area contributed by atoms with Crippen LogP contribution in [0, 0.1) is 28.6 Å². The van der Waals surface area contributed by atoms with Crippen molar-refractivity contribution in [2.45, 2.75) is 65.2 Å². The van der Waals surface area contributed by atoms with Crippen LogP contribution in [0.1, 0.15) is 65.2 Å². The van der Waals surface area contributed by atoms with Crippen LogP contribution in [0.4, 0.5) is 0 Å². The number of carbonyl (C=O) groups excluding carboxylic acids is 1. The summed E-state index contributed by atoms with van der Waals surface area (Å²) in [6.07, 6.45) is 16.3. The van der Waals surface area contributed by atoms with E-state index in [-0.39, 0.29) is 5.41 Å². The molecule has 0 aromatic heterocycles. The van der Waals surface area contributed by atoms with Gasteiger partial charge in [-0.05, 0) is 84.7 Å². The first-order chi connectivity index (χ1) is 10.1. The van der Waals surface area contributed by atoms with Gasteiger partial charge in [-0.3, -0.25) is 4.79 Å². The van der Waals surface area contributed by atoms with Gasteiger partial charge in [0.1, 0.15) is 6.29 Å². The Morgan fingerprint density at radius 3 is 2.81 bits per heavy atom. The van der Waals surface area contributed by atoms with E-state index in [1.54, 1.807) is 0 Å². The molecule has 0 aliphatic heterocycles. The zero-order valence-electron chi connectivity index (χ0n) is 13.5. The van der Waals surface area contributed by atoms with Crippen LogP contribution < -0.4 is 0 Å². The lowest BCUT2D eigenvalue weighted by atomic mass is 9.48. The first kappa shape index (κ1) is 13.8. The maximum atomic E-state index is 11.7. The molecule has 0 aromatic rings. The van der Waals surface area contributed by atoms with Gasteiger partial charge >= 0.3 is 0 Å². The summed E-state index contributed by atoms with van der Waals surface area (Å²) < 4.78 is 0. The van der Waals surface area contributed by atoms with Crippen molar-refractivity contribution in [3.63, 3.8) is 0 Å². The van der Waals surface area contributed by atoms with Gasteiger partial charge in [-0.15, -0.1) is 0 Å². The van der Waals surface area contributed by atoms with E-state index in [0.29, 0.717) is 5.41 Å². The third-order valence-electron chi connectivity index (χ3n) is 7.71. The number of carbonyl (C=O) groups is 1. The summed E-state index contributed by atoms with van der Waals surface area (Å²) in [5.41, 5.74) is 3.38. The van der Waals surface area contributed by atoms with Crippen molar-refractivity contribution in [2.75, 3.05) is 0 Å². The van der Waals surface area contributed by atoms with Gasteiger partial charge in [0.2, 0.25) is 0 Å². The van der Waals surface area contributed by atoms with Gasteiger partial charge in [0.15, 0.2) is 0 Å². The third-order valence-corrected chi connectivity index (χ3v) is 7.71. The van der Waals surface area contributed by atoms with Crippen molar-refractivity contribution < 1.29 is 4.79 Å². The Hall–Kier alpha value is -0.850. The van der Waals surface area contributed by atoms with Crippen LogP contribution in [0.5, 0.6) is 0 Å². The molecule has 4 aliphatic carbocycles. The van der Waals surface area contributed by atoms with E-state index in [0.717, 1.165) is 29.7 Å². The molecule has 1 nitrogen and oxygen atoms in total. The molecule has 0 spiro atoms. The van der Waals surface area contributed by atoms with Gasteiger partial charge in [0.05, 0.1) is 0 Å². The topological polar surface area (TPSA) is 17.1 Å². The molecule has 0 saturated heterocycles. The van der Waals surface area contributed by atoms with E-state index >= 15 is 0 Å². The molecule has 0 N–H and O–H groups in total. The van der Waals surface area contributed by atoms with E-state index in [4.69, 9.17) is 0 Å². The fourth-order valence-electron chi connectivity index (χ4n) is 6.60. The van der Waals surface area contributed by atoms with Crippen molar-refractivity contribution in [1.29, 1.82) is 0 Å². The van der Waals surface area contributed by atoms with Gasteiger partial charge in [-0.25, -0.2) is 0 Å². The highest BCUT2D eigenvalue weighted by Gasteiger charge is 2.56. The van der Waals surface area contributed by atoms with Crippen LogP contribution in [-0.4, -0.2) is 6.29 Å². The third kappa shape index (κ3) is 1.79. The zero-order valence-corrected chi connectivity index (χ0v) is 13.5. The molecule has 4 rings (SSSR count). The van der Waals surface area contributed by atoms with Crippen LogP contribution in [-0.2, 0) is 4.79 Å². The molecule has 114 valence electrons. The minimum absolute atomic E-state index is 0.276. The minimum Gasteiger partial charge on any atom is -0.298 e. The average Bonchev–Trinajstić information content (AvgIpc) is 2.87. The van der Waals surface area contributed by atoms with E-state index in [1.165, 1.54) is 56.8 Å². The number of allylic oxidation sites excluding steroid dienone is 4. The summed E-state index contributed by atoms with van der Waals surface area (Å²) in [6.45, 7) is 4.99. The van der Waals surface area contributed by atoms with Gasteiger partial charge in [-0.2, -0.15) is 0 Å². The summed E-state index contributed by atoms with van der Waals surface area (Å²) in [6, 6.07) is 0. The predicted molar refractivity (Wildman–Crippen MR) is 85.9 cm³/mol. The van der Waals surface area contributed by atoms with Crippen LogP contribution in [0.25, 0.3) is 0 Å². The number of hydrogen-bond donors (Lipinski definition) is 0. The van der Waals surface area contributed by atoms with Gasteiger partial charge in [-0.1, -0.05) is 32.4 Å². The standard InChI is InChI=1S/C20H28O/c1-19-9-5-7-17(19)15-12-14(13-21)16-6-3-4-10-20(16,2)18(15)8-11-19/h3,6,13,15,17-18H,4-5,7-12H2,1-2H3/t15-,17-,18-,19-,20-/m0/s1. The molecular formula is C20H28O. The molecule has 2 saturated carbocycles. The Bertz CT molecular complexity index is 528. The summed E-state index contributed by atoms with van der Waals surface area (Å²) in [5.74, 6) is 2.46. The van der Waals surface area contributed by atoms with Gasteiger partial charge in [0, 0.05) is 0 Å². The Morgan fingerprint density at radius 2 is 2.00 bits per heavy atom. The van der Waals surface area contributed by atoms with Crippen LogP contribution in [0.15, 0.2) is 23.3 Å². The molecule has 0 unspecified atom stereocenters. The second kappa shape index (κ2) is 4.57. The fourth-order valence-corrected chi connectivity index (χ4v) is 6.60. The number of aldehydes is 1. The molecule has 5 atom stereocenters. The smallest absolute Gasteiger partial charge is 0.146 e. The monoisotopic (exact) mass is 284 g/mol. The van der Waals surface area contributed by atoms with Crippen molar-refractivity contribution in [3.8, 4) is 0 Å². The maximum Gasteiger partial charge on any atom is 0.146 e. The molecule has 4 aliphatic rings. The SMILES string of the molecule is C[C@@]12CCC[C@H]1[C@@H]1CC(C=O)=C3C=CCC[C@]3(C)[C@H]1CC2. The highest BCUT2D eigenvalue weighted by molar-refractivity contribution is 5.77. The van der Waals surface area contributed by atoms with Gasteiger partial charge in [0.25, 0.3) is 0 Å². The highest BCUT2D eigenvalue weighted by atomic mass is 16.1. The maximum absolute atomic E-state index is 11.7. The zero-order chi connectivity index (χ0) is 14.7. The Balaban J connectivity index is 1.80. The lowest BCUT2D eigenvalue weighted by Crippen LogP contribution is -2.48.